The van der Waals surface area contributed by atoms with Crippen LogP contribution in [0.4, 0.5) is 11.8 Å². The number of hydrogen-bond donors (Lipinski definition) is 4. The second-order valence-electron chi connectivity index (χ2n) is 7.45. The molecule has 2 fully saturated rings. The van der Waals surface area contributed by atoms with Crippen LogP contribution in [0.2, 0.25) is 0 Å². The fourth-order valence-electron chi connectivity index (χ4n) is 3.92. The Hall–Kier alpha value is -1.93. The number of ether oxygens (including phenoxy) is 1. The molecule has 0 aliphatic heterocycles. The smallest absolute Gasteiger partial charge is 0.254 e. The van der Waals surface area contributed by atoms with Crippen molar-refractivity contribution in [2.45, 2.75) is 63.1 Å². The fraction of sp³-hybridized carbons (Fsp3) is 0.722. The molecule has 2 aliphatic rings. The number of aromatic nitrogens is 2. The second kappa shape index (κ2) is 8.64. The largest absolute Gasteiger partial charge is 0.393 e. The van der Waals surface area contributed by atoms with Gasteiger partial charge in [-0.05, 0) is 50.9 Å². The lowest BCUT2D eigenvalue weighted by molar-refractivity contribution is 0.100. The maximum atomic E-state index is 11.7. The van der Waals surface area contributed by atoms with Gasteiger partial charge in [0.2, 0.25) is 5.95 Å². The lowest BCUT2D eigenvalue weighted by Gasteiger charge is -2.29. The molecular formula is C18H29N5O3. The summed E-state index contributed by atoms with van der Waals surface area (Å²) in [6.07, 6.45) is 7.76. The molecule has 5 N–H and O–H groups in total. The summed E-state index contributed by atoms with van der Waals surface area (Å²) in [5, 5.41) is 16.3. The number of hydrogen-bond acceptors (Lipinski definition) is 7. The van der Waals surface area contributed by atoms with Crippen molar-refractivity contribution < 1.29 is 14.6 Å². The third-order valence-corrected chi connectivity index (χ3v) is 5.38. The summed E-state index contributed by atoms with van der Waals surface area (Å²) in [5.41, 5.74) is 5.79. The lowest BCUT2D eigenvalue weighted by atomic mass is 9.86. The number of carbonyl (C=O) groups is 1. The molecule has 1 amide bonds. The Labute approximate surface area is 153 Å². The Morgan fingerprint density at radius 2 is 1.96 bits per heavy atom. The number of nitrogens with one attached hydrogen (secondary N) is 2. The number of anilines is 2. The molecule has 0 unspecified atom stereocenters. The number of methoxy groups -OCH3 is 1. The molecular weight excluding hydrogens is 334 g/mol. The Bertz CT molecular complexity index is 619. The van der Waals surface area contributed by atoms with Crippen molar-refractivity contribution >= 4 is 17.7 Å². The third-order valence-electron chi connectivity index (χ3n) is 5.38. The summed E-state index contributed by atoms with van der Waals surface area (Å²) in [4.78, 5) is 20.4. The maximum Gasteiger partial charge on any atom is 0.254 e. The first kappa shape index (κ1) is 18.8. The zero-order valence-electron chi connectivity index (χ0n) is 15.3. The second-order valence-corrected chi connectivity index (χ2v) is 7.45. The molecule has 8 nitrogen and oxygen atoms in total. The van der Waals surface area contributed by atoms with Gasteiger partial charge in [0.1, 0.15) is 5.82 Å². The summed E-state index contributed by atoms with van der Waals surface area (Å²) in [7, 11) is 1.74. The lowest BCUT2D eigenvalue weighted by Crippen LogP contribution is -2.30. The van der Waals surface area contributed by atoms with E-state index in [-0.39, 0.29) is 18.2 Å². The van der Waals surface area contributed by atoms with E-state index in [1.807, 2.05) is 0 Å². The summed E-state index contributed by atoms with van der Waals surface area (Å²) < 4.78 is 5.24. The Morgan fingerprint density at radius 1 is 1.23 bits per heavy atom. The first-order valence-electron chi connectivity index (χ1n) is 9.42. The number of primary amides is 1. The summed E-state index contributed by atoms with van der Waals surface area (Å²) in [6, 6.07) is 0.416. The molecule has 0 radical (unpaired) electrons. The molecule has 0 spiro atoms. The van der Waals surface area contributed by atoms with Gasteiger partial charge < -0.3 is 26.2 Å². The summed E-state index contributed by atoms with van der Waals surface area (Å²) in [6.45, 7) is 0.800. The number of aliphatic hydroxyl groups excluding tert-OH is 1. The first-order valence-corrected chi connectivity index (χ1v) is 9.42. The zero-order chi connectivity index (χ0) is 18.5. The van der Waals surface area contributed by atoms with Gasteiger partial charge in [-0.15, -0.1) is 0 Å². The Kier molecular flexibility index (Phi) is 6.26. The van der Waals surface area contributed by atoms with Crippen molar-refractivity contribution in [3.8, 4) is 0 Å². The van der Waals surface area contributed by atoms with Gasteiger partial charge in [-0.3, -0.25) is 4.79 Å². The topological polar surface area (TPSA) is 122 Å². The monoisotopic (exact) mass is 363 g/mol. The molecule has 2 saturated carbocycles. The number of carbonyl (C=O) groups excluding carboxylic acids is 1. The Balaban J connectivity index is 1.66. The van der Waals surface area contributed by atoms with Crippen molar-refractivity contribution in [3.63, 3.8) is 0 Å². The van der Waals surface area contributed by atoms with E-state index in [1.165, 1.54) is 6.20 Å². The molecule has 144 valence electrons. The van der Waals surface area contributed by atoms with E-state index in [0.717, 1.165) is 45.1 Å². The van der Waals surface area contributed by atoms with Gasteiger partial charge in [-0.2, -0.15) is 4.98 Å². The minimum absolute atomic E-state index is 0.154. The average Bonchev–Trinajstić information content (AvgIpc) is 3.02. The minimum atomic E-state index is -0.539. The van der Waals surface area contributed by atoms with E-state index in [1.54, 1.807) is 7.11 Å². The first-order chi connectivity index (χ1) is 12.5. The molecule has 0 aromatic carbocycles. The molecule has 1 aromatic rings. The third kappa shape index (κ3) is 4.82. The van der Waals surface area contributed by atoms with Crippen LogP contribution in [-0.4, -0.2) is 52.9 Å². The van der Waals surface area contributed by atoms with Crippen LogP contribution in [0.25, 0.3) is 0 Å². The molecule has 3 rings (SSSR count). The molecule has 1 aromatic heterocycles. The van der Waals surface area contributed by atoms with Crippen molar-refractivity contribution in [2.75, 3.05) is 24.4 Å². The van der Waals surface area contributed by atoms with Gasteiger partial charge >= 0.3 is 0 Å². The van der Waals surface area contributed by atoms with Crippen LogP contribution < -0.4 is 16.4 Å². The summed E-state index contributed by atoms with van der Waals surface area (Å²) >= 11 is 0. The van der Waals surface area contributed by atoms with Gasteiger partial charge in [0.05, 0.1) is 11.7 Å². The molecule has 26 heavy (non-hydrogen) atoms. The maximum absolute atomic E-state index is 11.7. The van der Waals surface area contributed by atoms with Crippen LogP contribution >= 0.6 is 0 Å². The van der Waals surface area contributed by atoms with Crippen LogP contribution in [0, 0.1) is 5.92 Å². The highest BCUT2D eigenvalue weighted by Gasteiger charge is 2.25. The number of amides is 1. The quantitative estimate of drug-likeness (QED) is 0.579. The normalized spacial score (nSPS) is 28.7. The van der Waals surface area contributed by atoms with Gasteiger partial charge in [-0.1, -0.05) is 0 Å². The number of aliphatic hydroxyl groups is 1. The SMILES string of the molecule is COC[C@H]1CC[C@@H](Nc2nc(N[C@H]3CC[C@H](O)C3)ncc2C(N)=O)CC1. The van der Waals surface area contributed by atoms with E-state index < -0.39 is 5.91 Å². The van der Waals surface area contributed by atoms with Crippen LogP contribution in [-0.2, 0) is 4.74 Å². The van der Waals surface area contributed by atoms with Crippen LogP contribution in [0.15, 0.2) is 6.20 Å². The van der Waals surface area contributed by atoms with Gasteiger partial charge in [0.15, 0.2) is 0 Å². The highest BCUT2D eigenvalue weighted by Crippen LogP contribution is 2.28. The minimum Gasteiger partial charge on any atom is -0.393 e. The van der Waals surface area contributed by atoms with Crippen LogP contribution in [0.5, 0.6) is 0 Å². The van der Waals surface area contributed by atoms with Crippen molar-refractivity contribution in [1.82, 2.24) is 9.97 Å². The van der Waals surface area contributed by atoms with E-state index in [2.05, 4.69) is 20.6 Å². The van der Waals surface area contributed by atoms with Gasteiger partial charge in [-0.25, -0.2) is 4.98 Å². The van der Waals surface area contributed by atoms with E-state index >= 15 is 0 Å². The van der Waals surface area contributed by atoms with Gasteiger partial charge in [0, 0.05) is 32.0 Å². The van der Waals surface area contributed by atoms with E-state index in [0.29, 0.717) is 29.7 Å². The van der Waals surface area contributed by atoms with E-state index in [9.17, 15) is 9.90 Å². The number of rotatable bonds is 7. The number of nitrogens with two attached hydrogens (primary N) is 1. The van der Waals surface area contributed by atoms with Gasteiger partial charge in [0.25, 0.3) is 5.91 Å². The molecule has 0 saturated heterocycles. The van der Waals surface area contributed by atoms with Crippen molar-refractivity contribution in [1.29, 1.82) is 0 Å². The summed E-state index contributed by atoms with van der Waals surface area (Å²) in [5.74, 6) is 1.02. The van der Waals surface area contributed by atoms with Crippen LogP contribution in [0.1, 0.15) is 55.3 Å². The number of nitrogens with zero attached hydrogens (tertiary/aromatic N) is 2. The predicted octanol–water partition coefficient (Wildman–Crippen LogP) is 1.52. The van der Waals surface area contributed by atoms with Crippen LogP contribution in [0.3, 0.4) is 0 Å². The zero-order valence-corrected chi connectivity index (χ0v) is 15.3. The van der Waals surface area contributed by atoms with Crippen molar-refractivity contribution in [2.24, 2.45) is 11.7 Å². The molecule has 0 bridgehead atoms. The predicted molar refractivity (Wildman–Crippen MR) is 99.1 cm³/mol. The Morgan fingerprint density at radius 3 is 2.58 bits per heavy atom. The van der Waals surface area contributed by atoms with Crippen molar-refractivity contribution in [3.05, 3.63) is 11.8 Å². The van der Waals surface area contributed by atoms with E-state index in [4.69, 9.17) is 10.5 Å². The molecule has 8 heteroatoms. The highest BCUT2D eigenvalue weighted by atomic mass is 16.5. The molecule has 1 heterocycles. The average molecular weight is 363 g/mol. The molecule has 2 atom stereocenters. The standard InChI is InChI=1S/C18H29N5O3/c1-26-10-11-2-4-12(5-3-11)21-17-15(16(19)25)9-20-18(23-17)22-13-6-7-14(24)8-13/h9,11-14,24H,2-8,10H2,1H3,(H2,19,25)(H2,20,21,22,23)/t11-,12+,13-,14-/m0/s1. The molecule has 2 aliphatic carbocycles. The highest BCUT2D eigenvalue weighted by molar-refractivity contribution is 5.97. The fourth-order valence-corrected chi connectivity index (χ4v) is 3.92.